The molecule has 56 valence electrons. The van der Waals surface area contributed by atoms with Crippen LogP contribution in [0.4, 0.5) is 0 Å². The van der Waals surface area contributed by atoms with Gasteiger partial charge in [-0.1, -0.05) is 0 Å². The van der Waals surface area contributed by atoms with E-state index in [0.717, 1.165) is 15.0 Å². The molecule has 2 heteroatoms. The van der Waals surface area contributed by atoms with Crippen molar-refractivity contribution in [2.45, 2.75) is 30.9 Å². The van der Waals surface area contributed by atoms with Gasteiger partial charge in [0.15, 0.2) is 0 Å². The van der Waals surface area contributed by atoms with Gasteiger partial charge in [-0.15, -0.1) is 0 Å². The van der Waals surface area contributed by atoms with Crippen LogP contribution in [0, 0.1) is 0 Å². The van der Waals surface area contributed by atoms with Crippen LogP contribution in [0.2, 0.25) is 10.6 Å². The fraction of sp³-hybridized carbons (Fsp3) is 1.00. The fourth-order valence-corrected chi connectivity index (χ4v) is 2.94. The Morgan fingerprint density at radius 3 is 2.67 bits per heavy atom. The molecule has 0 unspecified atom stereocenters. The van der Waals surface area contributed by atoms with E-state index in [1.165, 1.54) is 28.6 Å². The van der Waals surface area contributed by atoms with Crippen molar-refractivity contribution in [2.75, 3.05) is 11.5 Å². The Morgan fingerprint density at radius 1 is 1.33 bits per heavy atom. The van der Waals surface area contributed by atoms with Gasteiger partial charge >= 0.3 is 69.1 Å². The van der Waals surface area contributed by atoms with Gasteiger partial charge in [0.1, 0.15) is 0 Å². The van der Waals surface area contributed by atoms with Crippen molar-refractivity contribution in [2.24, 2.45) is 0 Å². The molecular weight excluding hydrogens is 195 g/mol. The maximum absolute atomic E-state index is 2.28. The molecule has 0 aromatic heterocycles. The molecule has 0 bridgehead atoms. The van der Waals surface area contributed by atoms with E-state index in [2.05, 4.69) is 25.6 Å². The van der Waals surface area contributed by atoms with Crippen LogP contribution in [-0.4, -0.2) is 26.5 Å². The van der Waals surface area contributed by atoms with Gasteiger partial charge in [-0.2, -0.15) is 0 Å². The minimum absolute atomic E-state index is 0.953. The first kappa shape index (κ1) is 9.87. The molecule has 0 saturated heterocycles. The molecule has 0 aliphatic heterocycles. The van der Waals surface area contributed by atoms with E-state index in [-0.39, 0.29) is 0 Å². The average molecular weight is 211 g/mol. The van der Waals surface area contributed by atoms with Gasteiger partial charge in [-0.25, -0.2) is 0 Å². The molecule has 0 N–H and O–H groups in total. The maximum atomic E-state index is 2.28. The molecule has 0 aliphatic rings. The molecule has 0 nitrogen and oxygen atoms in total. The molecule has 0 amide bonds. The first-order valence-electron chi connectivity index (χ1n) is 3.57. The van der Waals surface area contributed by atoms with Gasteiger partial charge in [0.05, 0.1) is 0 Å². The third kappa shape index (κ3) is 8.87. The monoisotopic (exact) mass is 212 g/mol. The molecule has 0 aliphatic carbocycles. The van der Waals surface area contributed by atoms with E-state index >= 15 is 0 Å². The second kappa shape index (κ2) is 8.87. The van der Waals surface area contributed by atoms with Crippen molar-refractivity contribution < 1.29 is 0 Å². The van der Waals surface area contributed by atoms with E-state index in [9.17, 15) is 0 Å². The van der Waals surface area contributed by atoms with Gasteiger partial charge in [-0.3, -0.25) is 0 Å². The third-order valence-electron chi connectivity index (χ3n) is 0.986. The van der Waals surface area contributed by atoms with Crippen molar-refractivity contribution in [1.82, 2.24) is 0 Å². The van der Waals surface area contributed by atoms with Crippen LogP contribution >= 0.6 is 11.8 Å². The van der Waals surface area contributed by atoms with Gasteiger partial charge in [0.2, 0.25) is 0 Å². The summed E-state index contributed by atoms with van der Waals surface area (Å²) in [5.41, 5.74) is 0. The number of hydrogen-bond acceptors (Lipinski definition) is 1. The van der Waals surface area contributed by atoms with Crippen molar-refractivity contribution in [3.05, 3.63) is 0 Å². The minimum atomic E-state index is 0.953. The Morgan fingerprint density at radius 2 is 2.11 bits per heavy atom. The SMILES string of the molecule is CCSCCC[Se]CC. The summed E-state index contributed by atoms with van der Waals surface area (Å²) < 4.78 is 0. The zero-order chi connectivity index (χ0) is 6.95. The summed E-state index contributed by atoms with van der Waals surface area (Å²) in [7, 11) is 0. The van der Waals surface area contributed by atoms with Gasteiger partial charge < -0.3 is 0 Å². The molecule has 0 saturated carbocycles. The van der Waals surface area contributed by atoms with Gasteiger partial charge in [0.25, 0.3) is 0 Å². The fourth-order valence-electron chi connectivity index (χ4n) is 0.552. The van der Waals surface area contributed by atoms with Crippen LogP contribution in [0.15, 0.2) is 0 Å². The Labute approximate surface area is 69.3 Å². The van der Waals surface area contributed by atoms with Crippen molar-refractivity contribution >= 4 is 26.7 Å². The summed E-state index contributed by atoms with van der Waals surface area (Å²) in [5, 5.41) is 2.92. The summed E-state index contributed by atoms with van der Waals surface area (Å²) in [6.45, 7) is 4.52. The Balaban J connectivity index is 2.60. The molecule has 0 rings (SSSR count). The molecule has 0 atom stereocenters. The van der Waals surface area contributed by atoms with E-state index in [1.807, 2.05) is 0 Å². The van der Waals surface area contributed by atoms with Crippen LogP contribution in [-0.2, 0) is 0 Å². The second-order valence-corrected chi connectivity index (χ2v) is 6.07. The molecule has 0 radical (unpaired) electrons. The van der Waals surface area contributed by atoms with Crippen LogP contribution in [0.1, 0.15) is 20.3 Å². The molecule has 0 aromatic rings. The van der Waals surface area contributed by atoms with E-state index in [1.54, 1.807) is 0 Å². The van der Waals surface area contributed by atoms with Crippen molar-refractivity contribution in [3.63, 3.8) is 0 Å². The van der Waals surface area contributed by atoms with E-state index < -0.39 is 0 Å². The third-order valence-corrected chi connectivity index (χ3v) is 4.04. The van der Waals surface area contributed by atoms with Gasteiger partial charge in [0, 0.05) is 0 Å². The zero-order valence-electron chi connectivity index (χ0n) is 6.35. The topological polar surface area (TPSA) is 0 Å². The number of hydrogen-bond donors (Lipinski definition) is 0. The summed E-state index contributed by atoms with van der Waals surface area (Å²) in [6.07, 6.45) is 1.45. The molecule has 0 spiro atoms. The van der Waals surface area contributed by atoms with E-state index in [4.69, 9.17) is 0 Å². The predicted molar refractivity (Wildman–Crippen MR) is 48.7 cm³/mol. The van der Waals surface area contributed by atoms with E-state index in [0.29, 0.717) is 0 Å². The van der Waals surface area contributed by atoms with Crippen LogP contribution in [0.5, 0.6) is 0 Å². The Kier molecular flexibility index (Phi) is 9.73. The van der Waals surface area contributed by atoms with Crippen molar-refractivity contribution in [1.29, 1.82) is 0 Å². The Bertz CT molecular complexity index is 42.2. The quantitative estimate of drug-likeness (QED) is 0.481. The summed E-state index contributed by atoms with van der Waals surface area (Å²) >= 11 is 3.02. The average Bonchev–Trinajstić information content (AvgIpc) is 1.89. The first-order chi connectivity index (χ1) is 4.41. The summed E-state index contributed by atoms with van der Waals surface area (Å²) in [5.74, 6) is 2.68. The second-order valence-electron chi connectivity index (χ2n) is 1.75. The van der Waals surface area contributed by atoms with Gasteiger partial charge in [-0.05, 0) is 0 Å². The number of rotatable bonds is 6. The molecule has 0 aromatic carbocycles. The molecule has 0 heterocycles. The van der Waals surface area contributed by atoms with Crippen LogP contribution in [0.25, 0.3) is 0 Å². The predicted octanol–water partition coefficient (Wildman–Crippen LogP) is 2.69. The molecular formula is C7H16SSe. The van der Waals surface area contributed by atoms with Crippen LogP contribution < -0.4 is 0 Å². The zero-order valence-corrected chi connectivity index (χ0v) is 8.88. The summed E-state index contributed by atoms with van der Waals surface area (Å²) in [6, 6.07) is 0. The van der Waals surface area contributed by atoms with Crippen molar-refractivity contribution in [3.8, 4) is 0 Å². The normalized spacial score (nSPS) is 10.0. The molecule has 0 fully saturated rings. The molecule has 9 heavy (non-hydrogen) atoms. The Hall–Kier alpha value is 0.869. The number of thioether (sulfide) groups is 1. The summed E-state index contributed by atoms with van der Waals surface area (Å²) in [4.78, 5) is 0. The standard InChI is InChI=1S/C7H16SSe/c1-3-8-6-5-7-9-4-2/h3-7H2,1-2H3. The first-order valence-corrected chi connectivity index (χ1v) is 7.15. The van der Waals surface area contributed by atoms with Crippen LogP contribution in [0.3, 0.4) is 0 Å².